The van der Waals surface area contributed by atoms with Crippen molar-refractivity contribution in [3.8, 4) is 0 Å². The van der Waals surface area contributed by atoms with Crippen LogP contribution in [0, 0.1) is 0 Å². The van der Waals surface area contributed by atoms with Gasteiger partial charge < -0.3 is 5.11 Å². The number of carboxylic acid groups (broad SMARTS) is 1. The Bertz CT molecular complexity index is 534. The lowest BCUT2D eigenvalue weighted by Gasteiger charge is -1.98. The molecule has 0 unspecified atom stereocenters. The molecule has 0 aliphatic rings. The Balaban J connectivity index is 2.84. The quantitative estimate of drug-likeness (QED) is 0.794. The minimum atomic E-state index is -3.10. The second-order valence-electron chi connectivity index (χ2n) is 4.32. The third-order valence-corrected chi connectivity index (χ3v) is 5.67. The Morgan fingerprint density at radius 1 is 1.37 bits per heavy atom. The Morgan fingerprint density at radius 2 is 2.05 bits per heavy atom. The van der Waals surface area contributed by atoms with Crippen molar-refractivity contribution < 1.29 is 18.3 Å². The van der Waals surface area contributed by atoms with Crippen molar-refractivity contribution in [1.82, 2.24) is 4.98 Å². The fourth-order valence-corrected chi connectivity index (χ4v) is 4.70. The van der Waals surface area contributed by atoms with E-state index in [-0.39, 0.29) is 17.9 Å². The third-order valence-electron chi connectivity index (χ3n) is 2.58. The van der Waals surface area contributed by atoms with Crippen molar-refractivity contribution in [2.45, 2.75) is 45.3 Å². The molecule has 0 aliphatic carbocycles. The van der Waals surface area contributed by atoms with E-state index in [9.17, 15) is 13.2 Å². The number of hydrogen-bond acceptors (Lipinski definition) is 5. The lowest BCUT2D eigenvalue weighted by Crippen LogP contribution is -2.08. The zero-order chi connectivity index (χ0) is 14.5. The van der Waals surface area contributed by atoms with Crippen LogP contribution in [0.3, 0.4) is 0 Å². The summed E-state index contributed by atoms with van der Waals surface area (Å²) in [6.07, 6.45) is 1.76. The van der Waals surface area contributed by atoms with Crippen molar-refractivity contribution in [2.75, 3.05) is 5.75 Å². The highest BCUT2D eigenvalue weighted by atomic mass is 32.2. The van der Waals surface area contributed by atoms with Crippen molar-refractivity contribution in [3.05, 3.63) is 15.6 Å². The van der Waals surface area contributed by atoms with E-state index in [1.807, 2.05) is 13.8 Å². The Morgan fingerprint density at radius 3 is 2.58 bits per heavy atom. The van der Waals surface area contributed by atoms with E-state index in [1.54, 1.807) is 0 Å². The molecule has 108 valence electrons. The van der Waals surface area contributed by atoms with Crippen LogP contribution < -0.4 is 0 Å². The topological polar surface area (TPSA) is 84.3 Å². The number of carboxylic acids is 1. The van der Waals surface area contributed by atoms with E-state index >= 15 is 0 Å². The third kappa shape index (κ3) is 5.28. The van der Waals surface area contributed by atoms with Gasteiger partial charge in [0.15, 0.2) is 9.84 Å². The number of hydrogen-bond donors (Lipinski definition) is 1. The van der Waals surface area contributed by atoms with Gasteiger partial charge in [0.05, 0.1) is 17.9 Å². The molecule has 1 N–H and O–H groups in total. The number of rotatable bonds is 8. The molecular weight excluding hydrogens is 286 g/mol. The van der Waals surface area contributed by atoms with Gasteiger partial charge in [-0.05, 0) is 19.3 Å². The number of thiazole rings is 1. The van der Waals surface area contributed by atoms with Crippen LogP contribution in [0.2, 0.25) is 0 Å². The molecule has 0 aromatic carbocycles. The first-order chi connectivity index (χ1) is 8.88. The average molecular weight is 305 g/mol. The van der Waals surface area contributed by atoms with E-state index in [0.717, 1.165) is 10.6 Å². The fraction of sp³-hybridized carbons (Fsp3) is 0.667. The maximum Gasteiger partial charge on any atom is 0.303 e. The van der Waals surface area contributed by atoms with Crippen molar-refractivity contribution in [3.63, 3.8) is 0 Å². The van der Waals surface area contributed by atoms with Crippen molar-refractivity contribution in [2.24, 2.45) is 0 Å². The largest absolute Gasteiger partial charge is 0.481 e. The first-order valence-corrected chi connectivity index (χ1v) is 8.91. The van der Waals surface area contributed by atoms with Gasteiger partial charge in [0, 0.05) is 4.88 Å². The first kappa shape index (κ1) is 16.1. The average Bonchev–Trinajstić information content (AvgIpc) is 2.67. The van der Waals surface area contributed by atoms with Crippen molar-refractivity contribution in [1.29, 1.82) is 0 Å². The van der Waals surface area contributed by atoms with Crippen LogP contribution in [0.4, 0.5) is 0 Å². The minimum Gasteiger partial charge on any atom is -0.481 e. The summed E-state index contributed by atoms with van der Waals surface area (Å²) in [5.41, 5.74) is 0.827. The molecule has 19 heavy (non-hydrogen) atoms. The van der Waals surface area contributed by atoms with Gasteiger partial charge in [-0.1, -0.05) is 13.8 Å². The molecule has 0 atom stereocenters. The summed E-state index contributed by atoms with van der Waals surface area (Å²) < 4.78 is 23.5. The standard InChI is InChI=1S/C12H19NO4S2/c1-3-7-19(16,17)8-11-13-9(4-2)10(18-11)5-6-12(14)15/h3-8H2,1-2H3,(H,14,15). The second-order valence-corrected chi connectivity index (χ2v) is 7.67. The molecule has 0 radical (unpaired) electrons. The van der Waals surface area contributed by atoms with Crippen LogP contribution in [-0.2, 0) is 33.2 Å². The molecule has 0 saturated heterocycles. The summed E-state index contributed by atoms with van der Waals surface area (Å²) in [6, 6.07) is 0. The molecule has 1 aromatic rings. The van der Waals surface area contributed by atoms with Gasteiger partial charge in [-0.15, -0.1) is 11.3 Å². The minimum absolute atomic E-state index is 0.0361. The Kier molecular flexibility index (Phi) is 5.93. The highest BCUT2D eigenvalue weighted by molar-refractivity contribution is 7.90. The molecule has 0 spiro atoms. The van der Waals surface area contributed by atoms with E-state index in [0.29, 0.717) is 24.3 Å². The molecular formula is C12H19NO4S2. The van der Waals surface area contributed by atoms with Crippen LogP contribution in [0.25, 0.3) is 0 Å². The Labute approximate surface area is 117 Å². The summed E-state index contributed by atoms with van der Waals surface area (Å²) in [5, 5.41) is 9.26. The number of sulfone groups is 1. The maximum absolute atomic E-state index is 11.7. The fourth-order valence-electron chi connectivity index (χ4n) is 1.76. The number of aromatic nitrogens is 1. The normalized spacial score (nSPS) is 11.7. The molecule has 7 heteroatoms. The monoisotopic (exact) mass is 305 g/mol. The maximum atomic E-state index is 11.7. The van der Waals surface area contributed by atoms with Crippen molar-refractivity contribution >= 4 is 27.1 Å². The van der Waals surface area contributed by atoms with Gasteiger partial charge in [-0.25, -0.2) is 13.4 Å². The van der Waals surface area contributed by atoms with Crippen LogP contribution in [0.15, 0.2) is 0 Å². The predicted molar refractivity (Wildman–Crippen MR) is 75.2 cm³/mol. The SMILES string of the molecule is CCCS(=O)(=O)Cc1nc(CC)c(CCC(=O)O)s1. The summed E-state index contributed by atoms with van der Waals surface area (Å²) in [6.45, 7) is 3.76. The zero-order valence-electron chi connectivity index (χ0n) is 11.2. The lowest BCUT2D eigenvalue weighted by molar-refractivity contribution is -0.136. The second kappa shape index (κ2) is 7.00. The number of nitrogens with zero attached hydrogens (tertiary/aromatic N) is 1. The van der Waals surface area contributed by atoms with E-state index in [4.69, 9.17) is 5.11 Å². The molecule has 0 saturated carbocycles. The molecule has 1 rings (SSSR count). The molecule has 0 fully saturated rings. The van der Waals surface area contributed by atoms with Gasteiger partial charge in [0.1, 0.15) is 10.8 Å². The van der Waals surface area contributed by atoms with Gasteiger partial charge in [0.2, 0.25) is 0 Å². The Hall–Kier alpha value is -0.950. The molecule has 1 heterocycles. The molecule has 0 amide bonds. The van der Waals surface area contributed by atoms with Crippen LogP contribution in [-0.4, -0.2) is 30.2 Å². The van der Waals surface area contributed by atoms with Crippen LogP contribution in [0.1, 0.15) is 42.3 Å². The lowest BCUT2D eigenvalue weighted by atomic mass is 10.2. The van der Waals surface area contributed by atoms with E-state index in [1.165, 1.54) is 11.3 Å². The zero-order valence-corrected chi connectivity index (χ0v) is 12.8. The number of carbonyl (C=O) groups is 1. The van der Waals surface area contributed by atoms with Gasteiger partial charge in [-0.3, -0.25) is 4.79 Å². The number of aryl methyl sites for hydroxylation is 2. The summed E-state index contributed by atoms with van der Waals surface area (Å²) in [5.74, 6) is -0.722. The van der Waals surface area contributed by atoms with E-state index < -0.39 is 15.8 Å². The molecule has 1 aromatic heterocycles. The van der Waals surface area contributed by atoms with Gasteiger partial charge in [0.25, 0.3) is 0 Å². The molecule has 0 bridgehead atoms. The van der Waals surface area contributed by atoms with Crippen LogP contribution in [0.5, 0.6) is 0 Å². The predicted octanol–water partition coefficient (Wildman–Crippen LogP) is 2.05. The highest BCUT2D eigenvalue weighted by Crippen LogP contribution is 2.23. The number of aliphatic carboxylic acids is 1. The highest BCUT2D eigenvalue weighted by Gasteiger charge is 2.17. The molecule has 0 aliphatic heterocycles. The smallest absolute Gasteiger partial charge is 0.303 e. The van der Waals surface area contributed by atoms with Gasteiger partial charge in [-0.2, -0.15) is 0 Å². The summed E-state index contributed by atoms with van der Waals surface area (Å²) in [7, 11) is -3.10. The van der Waals surface area contributed by atoms with E-state index in [2.05, 4.69) is 4.98 Å². The summed E-state index contributed by atoms with van der Waals surface area (Å²) >= 11 is 1.33. The van der Waals surface area contributed by atoms with Gasteiger partial charge >= 0.3 is 5.97 Å². The molecule has 5 nitrogen and oxygen atoms in total. The first-order valence-electron chi connectivity index (χ1n) is 6.27. The summed E-state index contributed by atoms with van der Waals surface area (Å²) in [4.78, 5) is 15.8. The van der Waals surface area contributed by atoms with Crippen LogP contribution >= 0.6 is 11.3 Å².